The van der Waals surface area contributed by atoms with Crippen molar-refractivity contribution in [1.82, 2.24) is 14.4 Å². The predicted octanol–water partition coefficient (Wildman–Crippen LogP) is 1.53. The first-order valence-electron chi connectivity index (χ1n) is 8.60. The molecule has 11 nitrogen and oxygen atoms in total. The van der Waals surface area contributed by atoms with Crippen LogP contribution in [0.25, 0.3) is 10.9 Å². The minimum absolute atomic E-state index is 0.00889. The molecule has 31 heavy (non-hydrogen) atoms. The average Bonchev–Trinajstić information content (AvgIpc) is 3.10. The number of aromatic amines is 1. The molecule has 5 N–H and O–H groups in total. The maximum atomic E-state index is 12.8. The van der Waals surface area contributed by atoms with Gasteiger partial charge in [0.15, 0.2) is 0 Å². The van der Waals surface area contributed by atoms with Gasteiger partial charge in [0.05, 0.1) is 14.7 Å². The van der Waals surface area contributed by atoms with Crippen molar-refractivity contribution in [2.45, 2.75) is 9.79 Å². The predicted molar refractivity (Wildman–Crippen MR) is 117 cm³/mol. The molecule has 3 aromatic rings. The van der Waals surface area contributed by atoms with Gasteiger partial charge in [-0.3, -0.25) is 14.9 Å². The van der Waals surface area contributed by atoms with E-state index >= 15 is 0 Å². The number of primary amides is 1. The van der Waals surface area contributed by atoms with Crippen molar-refractivity contribution in [2.24, 2.45) is 5.73 Å². The number of non-ortho nitro benzene ring substituents is 1. The third-order valence-electron chi connectivity index (χ3n) is 4.15. The zero-order chi connectivity index (χ0) is 22.8. The summed E-state index contributed by atoms with van der Waals surface area (Å²) in [5.41, 5.74) is 5.71. The lowest BCUT2D eigenvalue weighted by molar-refractivity contribution is -0.384. The summed E-state index contributed by atoms with van der Waals surface area (Å²) in [6, 6.07) is 9.54. The molecule has 0 saturated carbocycles. The molecule has 0 spiro atoms. The number of nitro groups is 1. The highest BCUT2D eigenvalue weighted by atomic mass is 79.9. The standard InChI is InChI=1S/C17H16BrN5O6S2/c18-10-1-6-14-13(9-10)16(15(22-14)17(19)24)30(27)20-7-8-21-31(28,29)12-4-2-11(3-5-12)23(25)26/h1-6,9,20-22H,7-8H2,(H2,19,24). The Kier molecular flexibility index (Phi) is 6.86. The van der Waals surface area contributed by atoms with Crippen LogP contribution in [0.4, 0.5) is 5.69 Å². The van der Waals surface area contributed by atoms with Gasteiger partial charge in [-0.1, -0.05) is 15.9 Å². The van der Waals surface area contributed by atoms with Gasteiger partial charge in [-0.15, -0.1) is 0 Å². The number of nitrogens with two attached hydrogens (primary N) is 1. The second kappa shape index (κ2) is 9.23. The fourth-order valence-electron chi connectivity index (χ4n) is 2.74. The minimum Gasteiger partial charge on any atom is -0.364 e. The number of hydrogen-bond acceptors (Lipinski definition) is 6. The molecule has 2 aromatic carbocycles. The first-order chi connectivity index (χ1) is 14.6. The number of sulfonamides is 1. The van der Waals surface area contributed by atoms with Crippen molar-refractivity contribution in [3.8, 4) is 0 Å². The van der Waals surface area contributed by atoms with Crippen LogP contribution in [0, 0.1) is 10.1 Å². The number of nitrogens with zero attached hydrogens (tertiary/aromatic N) is 1. The highest BCUT2D eigenvalue weighted by Crippen LogP contribution is 2.28. The zero-order valence-electron chi connectivity index (χ0n) is 15.6. The fraction of sp³-hybridized carbons (Fsp3) is 0.118. The molecule has 1 aromatic heterocycles. The van der Waals surface area contributed by atoms with Crippen LogP contribution in [-0.2, 0) is 21.0 Å². The van der Waals surface area contributed by atoms with Gasteiger partial charge in [0, 0.05) is 40.6 Å². The lowest BCUT2D eigenvalue weighted by Crippen LogP contribution is -2.33. The third-order valence-corrected chi connectivity index (χ3v) is 7.38. The van der Waals surface area contributed by atoms with Crippen LogP contribution in [0.3, 0.4) is 0 Å². The first kappa shape index (κ1) is 23.0. The second-order valence-electron chi connectivity index (χ2n) is 6.20. The molecule has 0 bridgehead atoms. The normalized spacial score (nSPS) is 12.7. The van der Waals surface area contributed by atoms with E-state index in [9.17, 15) is 27.5 Å². The van der Waals surface area contributed by atoms with Gasteiger partial charge in [0.1, 0.15) is 16.7 Å². The number of nitro benzene ring substituents is 1. The van der Waals surface area contributed by atoms with Crippen molar-refractivity contribution in [1.29, 1.82) is 0 Å². The number of carbonyl (C=O) groups excluding carboxylic acids is 1. The summed E-state index contributed by atoms with van der Waals surface area (Å²) in [5, 5.41) is 11.2. The molecule has 0 aliphatic rings. The van der Waals surface area contributed by atoms with E-state index in [4.69, 9.17) is 5.73 Å². The van der Waals surface area contributed by atoms with E-state index in [1.165, 1.54) is 0 Å². The Morgan fingerprint density at radius 3 is 2.48 bits per heavy atom. The molecular formula is C17H16BrN5O6S2. The van der Waals surface area contributed by atoms with Crippen molar-refractivity contribution in [3.63, 3.8) is 0 Å². The Hall–Kier alpha value is -2.65. The number of nitrogens with one attached hydrogen (secondary N) is 3. The Bertz CT molecular complexity index is 1290. The van der Waals surface area contributed by atoms with Gasteiger partial charge in [0.2, 0.25) is 10.0 Å². The SMILES string of the molecule is NC(=O)c1[nH]c2ccc(Br)cc2c1S(=O)NCCNS(=O)(=O)c1ccc([N+](=O)[O-])cc1. The van der Waals surface area contributed by atoms with E-state index in [0.29, 0.717) is 15.4 Å². The maximum Gasteiger partial charge on any atom is 0.269 e. The van der Waals surface area contributed by atoms with E-state index in [1.807, 2.05) is 0 Å². The Morgan fingerprint density at radius 1 is 1.19 bits per heavy atom. The molecule has 0 aliphatic carbocycles. The summed E-state index contributed by atoms with van der Waals surface area (Å²) >= 11 is 3.32. The largest absolute Gasteiger partial charge is 0.364 e. The monoisotopic (exact) mass is 529 g/mol. The number of carbonyl (C=O) groups is 1. The molecule has 1 amide bonds. The smallest absolute Gasteiger partial charge is 0.269 e. The summed E-state index contributed by atoms with van der Waals surface area (Å²) < 4.78 is 43.0. The first-order valence-corrected chi connectivity index (χ1v) is 12.0. The summed E-state index contributed by atoms with van der Waals surface area (Å²) in [5.74, 6) is -0.781. The van der Waals surface area contributed by atoms with E-state index in [1.54, 1.807) is 18.2 Å². The molecule has 0 saturated heterocycles. The van der Waals surface area contributed by atoms with Gasteiger partial charge in [-0.2, -0.15) is 0 Å². The summed E-state index contributed by atoms with van der Waals surface area (Å²) in [6.07, 6.45) is 0. The van der Waals surface area contributed by atoms with Crippen molar-refractivity contribution in [2.75, 3.05) is 13.1 Å². The number of rotatable bonds is 9. The van der Waals surface area contributed by atoms with E-state index < -0.39 is 31.8 Å². The number of hydrogen-bond donors (Lipinski definition) is 4. The van der Waals surface area contributed by atoms with Crippen molar-refractivity contribution >= 4 is 59.4 Å². The van der Waals surface area contributed by atoms with Gasteiger partial charge in [-0.25, -0.2) is 22.1 Å². The van der Waals surface area contributed by atoms with Crippen LogP contribution in [0.15, 0.2) is 56.7 Å². The fourth-order valence-corrected chi connectivity index (χ4v) is 5.27. The topological polar surface area (TPSA) is 177 Å². The molecule has 0 radical (unpaired) electrons. The van der Waals surface area contributed by atoms with Gasteiger partial charge < -0.3 is 10.7 Å². The average molecular weight is 530 g/mol. The van der Waals surface area contributed by atoms with Crippen molar-refractivity contribution < 1.29 is 22.3 Å². The molecule has 0 fully saturated rings. The van der Waals surface area contributed by atoms with Crippen LogP contribution >= 0.6 is 15.9 Å². The highest BCUT2D eigenvalue weighted by molar-refractivity contribution is 9.10. The molecule has 1 heterocycles. The Morgan fingerprint density at radius 2 is 1.87 bits per heavy atom. The minimum atomic E-state index is -3.91. The van der Waals surface area contributed by atoms with E-state index in [0.717, 1.165) is 24.3 Å². The number of aromatic nitrogens is 1. The van der Waals surface area contributed by atoms with Crippen LogP contribution in [0.5, 0.6) is 0 Å². The summed E-state index contributed by atoms with van der Waals surface area (Å²) in [6.45, 7) is -0.152. The van der Waals surface area contributed by atoms with Crippen LogP contribution < -0.4 is 15.2 Å². The maximum absolute atomic E-state index is 12.8. The Labute approximate surface area is 187 Å². The molecule has 164 valence electrons. The van der Waals surface area contributed by atoms with E-state index in [2.05, 4.69) is 30.4 Å². The zero-order valence-corrected chi connectivity index (χ0v) is 18.8. The van der Waals surface area contributed by atoms with Gasteiger partial charge in [0.25, 0.3) is 11.6 Å². The highest BCUT2D eigenvalue weighted by Gasteiger charge is 2.21. The second-order valence-corrected chi connectivity index (χ2v) is 10.1. The lowest BCUT2D eigenvalue weighted by atomic mass is 10.2. The van der Waals surface area contributed by atoms with Crippen LogP contribution in [-0.4, -0.2) is 41.5 Å². The summed E-state index contributed by atoms with van der Waals surface area (Å²) in [4.78, 5) is 24.6. The van der Waals surface area contributed by atoms with Gasteiger partial charge in [-0.05, 0) is 30.3 Å². The van der Waals surface area contributed by atoms with Crippen LogP contribution in [0.1, 0.15) is 10.5 Å². The number of fused-ring (bicyclic) bond motifs is 1. The summed E-state index contributed by atoms with van der Waals surface area (Å²) in [7, 11) is -5.78. The molecule has 1 unspecified atom stereocenters. The molecule has 1 atom stereocenters. The lowest BCUT2D eigenvalue weighted by Gasteiger charge is -2.08. The number of amides is 1. The molecular weight excluding hydrogens is 514 g/mol. The third kappa shape index (κ3) is 5.16. The Balaban J connectivity index is 1.68. The van der Waals surface area contributed by atoms with Gasteiger partial charge >= 0.3 is 0 Å². The quantitative estimate of drug-likeness (QED) is 0.185. The van der Waals surface area contributed by atoms with Crippen molar-refractivity contribution in [3.05, 3.63) is 62.7 Å². The van der Waals surface area contributed by atoms with Crippen LogP contribution in [0.2, 0.25) is 0 Å². The number of benzene rings is 2. The number of halogens is 1. The molecule has 14 heteroatoms. The molecule has 3 rings (SSSR count). The van der Waals surface area contributed by atoms with E-state index in [-0.39, 0.29) is 34.3 Å². The number of H-pyrrole nitrogens is 1. The molecule has 0 aliphatic heterocycles.